The summed E-state index contributed by atoms with van der Waals surface area (Å²) < 4.78 is 1.75. The van der Waals surface area contributed by atoms with Crippen molar-refractivity contribution in [1.29, 1.82) is 0 Å². The fourth-order valence-electron chi connectivity index (χ4n) is 3.69. The number of fused-ring (bicyclic) bond motifs is 1. The first-order chi connectivity index (χ1) is 12.9. The molecule has 3 aromatic heterocycles. The van der Waals surface area contributed by atoms with E-state index in [1.165, 1.54) is 6.20 Å². The highest BCUT2D eigenvalue weighted by Crippen LogP contribution is 2.33. The molecule has 0 radical (unpaired) electrons. The molecule has 0 spiro atoms. The Morgan fingerprint density at radius 1 is 1.30 bits per heavy atom. The summed E-state index contributed by atoms with van der Waals surface area (Å²) in [5.41, 5.74) is 8.87. The van der Waals surface area contributed by atoms with Crippen LogP contribution in [0.2, 0.25) is 0 Å². The van der Waals surface area contributed by atoms with Crippen molar-refractivity contribution < 1.29 is 9.90 Å². The van der Waals surface area contributed by atoms with Gasteiger partial charge in [-0.05, 0) is 56.4 Å². The number of amides is 1. The van der Waals surface area contributed by atoms with Gasteiger partial charge in [0.1, 0.15) is 0 Å². The lowest BCUT2D eigenvalue weighted by Crippen LogP contribution is -2.36. The topological polar surface area (TPSA) is 106 Å². The zero-order valence-corrected chi connectivity index (χ0v) is 15.2. The molecule has 4 N–H and O–H groups in total. The Labute approximate surface area is 157 Å². The molecular formula is C20H23N5O2. The van der Waals surface area contributed by atoms with Crippen LogP contribution >= 0.6 is 0 Å². The molecule has 0 saturated heterocycles. The molecule has 0 aromatic carbocycles. The van der Waals surface area contributed by atoms with E-state index in [0.717, 1.165) is 42.3 Å². The van der Waals surface area contributed by atoms with E-state index in [1.54, 1.807) is 16.9 Å². The van der Waals surface area contributed by atoms with Crippen molar-refractivity contribution in [3.8, 4) is 11.1 Å². The van der Waals surface area contributed by atoms with Crippen LogP contribution < -0.4 is 11.1 Å². The largest absolute Gasteiger partial charge is 0.390 e. The van der Waals surface area contributed by atoms with Gasteiger partial charge >= 0.3 is 0 Å². The number of carbonyl (C=O) groups is 1. The minimum absolute atomic E-state index is 0.175. The Morgan fingerprint density at radius 3 is 2.67 bits per heavy atom. The second kappa shape index (κ2) is 6.66. The molecular weight excluding hydrogens is 342 g/mol. The number of nitrogens with two attached hydrogens (primary N) is 1. The molecule has 1 fully saturated rings. The van der Waals surface area contributed by atoms with Gasteiger partial charge in [0.25, 0.3) is 5.91 Å². The molecule has 0 aliphatic heterocycles. The molecule has 0 atom stereocenters. The number of hydrogen-bond donors (Lipinski definition) is 3. The first-order valence-electron chi connectivity index (χ1n) is 9.13. The third kappa shape index (κ3) is 3.50. The van der Waals surface area contributed by atoms with Gasteiger partial charge in [0.05, 0.1) is 28.6 Å². The third-order valence-electron chi connectivity index (χ3n) is 5.33. The van der Waals surface area contributed by atoms with E-state index >= 15 is 0 Å². The predicted molar refractivity (Wildman–Crippen MR) is 103 cm³/mol. The van der Waals surface area contributed by atoms with Crippen LogP contribution in [0.15, 0.2) is 43.0 Å². The van der Waals surface area contributed by atoms with Crippen LogP contribution in [-0.4, -0.2) is 37.3 Å². The van der Waals surface area contributed by atoms with Crippen molar-refractivity contribution in [2.75, 3.05) is 5.32 Å². The van der Waals surface area contributed by atoms with E-state index in [1.807, 2.05) is 31.3 Å². The summed E-state index contributed by atoms with van der Waals surface area (Å²) in [6.45, 7) is 1.87. The molecule has 0 unspecified atom stereocenters. The molecule has 7 heteroatoms. The van der Waals surface area contributed by atoms with Crippen molar-refractivity contribution in [1.82, 2.24) is 14.6 Å². The van der Waals surface area contributed by atoms with E-state index in [4.69, 9.17) is 5.73 Å². The summed E-state index contributed by atoms with van der Waals surface area (Å²) in [7, 11) is 0. The normalized spacial score (nSPS) is 22.7. The minimum Gasteiger partial charge on any atom is -0.390 e. The van der Waals surface area contributed by atoms with Crippen LogP contribution in [0.25, 0.3) is 16.6 Å². The van der Waals surface area contributed by atoms with E-state index in [-0.39, 0.29) is 6.04 Å². The average Bonchev–Trinajstić information content (AvgIpc) is 3.09. The summed E-state index contributed by atoms with van der Waals surface area (Å²) >= 11 is 0. The first-order valence-corrected chi connectivity index (χ1v) is 9.13. The molecule has 0 bridgehead atoms. The van der Waals surface area contributed by atoms with Gasteiger partial charge in [0.2, 0.25) is 0 Å². The van der Waals surface area contributed by atoms with Gasteiger partial charge in [-0.3, -0.25) is 9.78 Å². The molecule has 27 heavy (non-hydrogen) atoms. The van der Waals surface area contributed by atoms with Crippen LogP contribution in [-0.2, 0) is 0 Å². The summed E-state index contributed by atoms with van der Waals surface area (Å²) in [6.07, 6.45) is 10.0. The Kier molecular flexibility index (Phi) is 4.31. The van der Waals surface area contributed by atoms with Crippen LogP contribution in [0, 0.1) is 0 Å². The maximum absolute atomic E-state index is 12.0. The molecule has 3 heterocycles. The number of rotatable bonds is 4. The van der Waals surface area contributed by atoms with Crippen molar-refractivity contribution in [3.05, 3.63) is 48.5 Å². The maximum atomic E-state index is 12.0. The average molecular weight is 365 g/mol. The quantitative estimate of drug-likeness (QED) is 0.659. The van der Waals surface area contributed by atoms with Gasteiger partial charge in [-0.15, -0.1) is 0 Å². The lowest BCUT2D eigenvalue weighted by Gasteiger charge is -2.34. The number of nitrogens with one attached hydrogen (secondary N) is 1. The number of aliphatic hydroxyl groups is 1. The summed E-state index contributed by atoms with van der Waals surface area (Å²) in [5.74, 6) is -0.512. The monoisotopic (exact) mass is 365 g/mol. The zero-order chi connectivity index (χ0) is 19.0. The number of carbonyl (C=O) groups excluding carboxylic acids is 1. The summed E-state index contributed by atoms with van der Waals surface area (Å²) in [6, 6.07) is 6.03. The lowest BCUT2D eigenvalue weighted by atomic mass is 9.83. The fraction of sp³-hybridized carbons (Fsp3) is 0.350. The first kappa shape index (κ1) is 17.5. The molecule has 1 aliphatic carbocycles. The van der Waals surface area contributed by atoms with Gasteiger partial charge in [0.15, 0.2) is 0 Å². The SMILES string of the molecule is C[C@]1(O)CC[C@H](Nc2c(C(N)=O)cnn3cc(-c4ccncc4)cc23)CC1. The molecule has 1 saturated carbocycles. The lowest BCUT2D eigenvalue weighted by molar-refractivity contribution is 0.0196. The summed E-state index contributed by atoms with van der Waals surface area (Å²) in [5, 5.41) is 18.0. The predicted octanol–water partition coefficient (Wildman–Crippen LogP) is 2.60. The number of aromatic nitrogens is 3. The minimum atomic E-state index is -0.609. The van der Waals surface area contributed by atoms with Gasteiger partial charge < -0.3 is 16.2 Å². The van der Waals surface area contributed by atoms with Gasteiger partial charge in [-0.1, -0.05) is 0 Å². The number of hydrogen-bond acceptors (Lipinski definition) is 5. The highest BCUT2D eigenvalue weighted by atomic mass is 16.3. The Hall–Kier alpha value is -2.93. The van der Waals surface area contributed by atoms with Gasteiger partial charge in [-0.25, -0.2) is 4.52 Å². The number of anilines is 1. The highest BCUT2D eigenvalue weighted by Gasteiger charge is 2.29. The molecule has 4 rings (SSSR count). The molecule has 3 aromatic rings. The van der Waals surface area contributed by atoms with Crippen LogP contribution in [0.3, 0.4) is 0 Å². The van der Waals surface area contributed by atoms with Crippen molar-refractivity contribution in [2.45, 2.75) is 44.2 Å². The maximum Gasteiger partial charge on any atom is 0.252 e. The second-order valence-electron chi connectivity index (χ2n) is 7.51. The van der Waals surface area contributed by atoms with Crippen molar-refractivity contribution in [3.63, 3.8) is 0 Å². The van der Waals surface area contributed by atoms with E-state index in [9.17, 15) is 9.90 Å². The van der Waals surface area contributed by atoms with Crippen LogP contribution in [0.5, 0.6) is 0 Å². The van der Waals surface area contributed by atoms with Gasteiger partial charge in [0, 0.05) is 30.2 Å². The molecule has 1 aliphatic rings. The fourth-order valence-corrected chi connectivity index (χ4v) is 3.69. The van der Waals surface area contributed by atoms with E-state index < -0.39 is 11.5 Å². The standard InChI is InChI=1S/C20H23N5O2/c1-20(27)6-2-15(3-7-20)24-18-16(19(21)26)11-23-25-12-14(10-17(18)25)13-4-8-22-9-5-13/h4-5,8-12,15,24,27H,2-3,6-7H2,1H3,(H2,21,26)/t15-,20-. The molecule has 1 amide bonds. The number of nitrogens with zero attached hydrogens (tertiary/aromatic N) is 3. The Balaban J connectivity index is 1.73. The molecule has 140 valence electrons. The third-order valence-corrected chi connectivity index (χ3v) is 5.33. The Morgan fingerprint density at radius 2 is 2.00 bits per heavy atom. The van der Waals surface area contributed by atoms with Gasteiger partial charge in [-0.2, -0.15) is 5.10 Å². The smallest absolute Gasteiger partial charge is 0.252 e. The van der Waals surface area contributed by atoms with E-state index in [2.05, 4.69) is 15.4 Å². The van der Waals surface area contributed by atoms with Crippen molar-refractivity contribution in [2.24, 2.45) is 5.73 Å². The highest BCUT2D eigenvalue weighted by molar-refractivity contribution is 6.02. The summed E-state index contributed by atoms with van der Waals surface area (Å²) in [4.78, 5) is 16.0. The van der Waals surface area contributed by atoms with Crippen molar-refractivity contribution >= 4 is 17.1 Å². The zero-order valence-electron chi connectivity index (χ0n) is 15.2. The van der Waals surface area contributed by atoms with Crippen LogP contribution in [0.4, 0.5) is 5.69 Å². The van der Waals surface area contributed by atoms with Crippen LogP contribution in [0.1, 0.15) is 43.0 Å². The molecule has 7 nitrogen and oxygen atoms in total. The van der Waals surface area contributed by atoms with E-state index in [0.29, 0.717) is 11.3 Å². The Bertz CT molecular complexity index is 971. The second-order valence-corrected chi connectivity index (χ2v) is 7.51. The number of primary amides is 1. The number of pyridine rings is 1.